The second kappa shape index (κ2) is 5.40. The van der Waals surface area contributed by atoms with Gasteiger partial charge in [-0.05, 0) is 36.8 Å². The van der Waals surface area contributed by atoms with Crippen molar-refractivity contribution in [1.29, 1.82) is 0 Å². The average molecular weight is 295 g/mol. The Morgan fingerprint density at radius 3 is 2.68 bits per heavy atom. The maximum atomic E-state index is 12.5. The zero-order valence-corrected chi connectivity index (χ0v) is 11.9. The molecule has 0 aliphatic rings. The second-order valence-electron chi connectivity index (χ2n) is 4.96. The van der Waals surface area contributed by atoms with Gasteiger partial charge in [0, 0.05) is 18.6 Å². The van der Waals surface area contributed by atoms with E-state index in [4.69, 9.17) is 5.11 Å². The number of nitrogens with zero attached hydrogens (tertiary/aromatic N) is 3. The highest BCUT2D eigenvalue weighted by Crippen LogP contribution is 2.13. The van der Waals surface area contributed by atoms with Gasteiger partial charge in [0.1, 0.15) is 0 Å². The van der Waals surface area contributed by atoms with Crippen LogP contribution >= 0.6 is 0 Å². The number of aromatic carboxylic acids is 1. The van der Waals surface area contributed by atoms with E-state index in [0.29, 0.717) is 23.1 Å². The molecule has 1 N–H and O–H groups in total. The van der Waals surface area contributed by atoms with Gasteiger partial charge in [0.15, 0.2) is 0 Å². The topological polar surface area (TPSA) is 85.1 Å². The zero-order valence-electron chi connectivity index (χ0n) is 11.9. The highest BCUT2D eigenvalue weighted by Gasteiger charge is 2.12. The van der Waals surface area contributed by atoms with E-state index in [1.54, 1.807) is 31.6 Å². The SMILES string of the molecule is Cc1nc2ccn(Cc3ccncc3)c(=O)c2cc1C(=O)O. The lowest BCUT2D eigenvalue weighted by atomic mass is 10.1. The molecule has 3 aromatic rings. The van der Waals surface area contributed by atoms with Crippen molar-refractivity contribution in [2.45, 2.75) is 13.5 Å². The second-order valence-corrected chi connectivity index (χ2v) is 4.96. The van der Waals surface area contributed by atoms with E-state index in [2.05, 4.69) is 9.97 Å². The first-order valence-corrected chi connectivity index (χ1v) is 6.69. The Labute approximate surface area is 125 Å². The molecular formula is C16H13N3O3. The van der Waals surface area contributed by atoms with E-state index in [9.17, 15) is 9.59 Å². The standard InChI is InChI=1S/C16H13N3O3/c1-10-12(16(21)22)8-13-14(18-10)4-7-19(15(13)20)9-11-2-5-17-6-3-11/h2-8H,9H2,1H3,(H,21,22). The smallest absolute Gasteiger partial charge is 0.337 e. The molecule has 0 saturated heterocycles. The molecule has 0 spiro atoms. The maximum Gasteiger partial charge on any atom is 0.337 e. The summed E-state index contributed by atoms with van der Waals surface area (Å²) >= 11 is 0. The van der Waals surface area contributed by atoms with Crippen LogP contribution in [0.5, 0.6) is 0 Å². The third kappa shape index (κ3) is 2.46. The van der Waals surface area contributed by atoms with Crippen LogP contribution in [0.1, 0.15) is 21.6 Å². The fourth-order valence-electron chi connectivity index (χ4n) is 2.33. The summed E-state index contributed by atoms with van der Waals surface area (Å²) in [5.74, 6) is -1.09. The number of pyridine rings is 3. The van der Waals surface area contributed by atoms with Crippen molar-refractivity contribution in [3.05, 3.63) is 70.0 Å². The lowest BCUT2D eigenvalue weighted by Gasteiger charge is -2.08. The van der Waals surface area contributed by atoms with Crippen molar-refractivity contribution in [3.63, 3.8) is 0 Å². The molecule has 22 heavy (non-hydrogen) atoms. The average Bonchev–Trinajstić information content (AvgIpc) is 2.50. The molecule has 6 heteroatoms. The largest absolute Gasteiger partial charge is 0.478 e. The summed E-state index contributed by atoms with van der Waals surface area (Å²) in [6, 6.07) is 6.77. The molecule has 3 rings (SSSR count). The third-order valence-electron chi connectivity index (χ3n) is 3.48. The summed E-state index contributed by atoms with van der Waals surface area (Å²) in [4.78, 5) is 31.9. The van der Waals surface area contributed by atoms with Crippen LogP contribution in [0, 0.1) is 6.92 Å². The number of carboxylic acids is 1. The number of hydrogen-bond donors (Lipinski definition) is 1. The summed E-state index contributed by atoms with van der Waals surface area (Å²) < 4.78 is 1.53. The molecule has 3 heterocycles. The lowest BCUT2D eigenvalue weighted by molar-refractivity contribution is 0.0696. The molecule has 0 saturated carbocycles. The van der Waals surface area contributed by atoms with Crippen molar-refractivity contribution in [1.82, 2.24) is 14.5 Å². The molecule has 0 fully saturated rings. The van der Waals surface area contributed by atoms with Crippen LogP contribution < -0.4 is 5.56 Å². The summed E-state index contributed by atoms with van der Waals surface area (Å²) in [5, 5.41) is 9.47. The first-order valence-electron chi connectivity index (χ1n) is 6.69. The monoisotopic (exact) mass is 295 g/mol. The Morgan fingerprint density at radius 1 is 1.27 bits per heavy atom. The van der Waals surface area contributed by atoms with Crippen LogP contribution in [0.4, 0.5) is 0 Å². The molecule has 0 bridgehead atoms. The number of carboxylic acid groups (broad SMARTS) is 1. The summed E-state index contributed by atoms with van der Waals surface area (Å²) in [6.07, 6.45) is 4.99. The Bertz CT molecular complexity index is 917. The van der Waals surface area contributed by atoms with Crippen LogP contribution in [0.15, 0.2) is 47.7 Å². The van der Waals surface area contributed by atoms with Gasteiger partial charge in [-0.1, -0.05) is 0 Å². The molecule has 0 amide bonds. The predicted molar refractivity (Wildman–Crippen MR) is 81.0 cm³/mol. The van der Waals surface area contributed by atoms with E-state index < -0.39 is 5.97 Å². The summed E-state index contributed by atoms with van der Waals surface area (Å²) in [6.45, 7) is 2.01. The fourth-order valence-corrected chi connectivity index (χ4v) is 2.33. The number of fused-ring (bicyclic) bond motifs is 1. The third-order valence-corrected chi connectivity index (χ3v) is 3.48. The molecule has 0 aliphatic carbocycles. The first-order chi connectivity index (χ1) is 10.6. The molecule has 110 valence electrons. The van der Waals surface area contributed by atoms with E-state index in [1.807, 2.05) is 12.1 Å². The van der Waals surface area contributed by atoms with Crippen LogP contribution in [0.3, 0.4) is 0 Å². The minimum atomic E-state index is -1.09. The number of aromatic nitrogens is 3. The van der Waals surface area contributed by atoms with Crippen LogP contribution in [-0.4, -0.2) is 25.6 Å². The molecule has 6 nitrogen and oxygen atoms in total. The molecule has 3 aromatic heterocycles. The summed E-state index contributed by atoms with van der Waals surface area (Å²) in [5.41, 5.74) is 1.62. The normalized spacial score (nSPS) is 10.8. The van der Waals surface area contributed by atoms with Crippen LogP contribution in [0.25, 0.3) is 10.9 Å². The van der Waals surface area contributed by atoms with Gasteiger partial charge < -0.3 is 9.67 Å². The maximum absolute atomic E-state index is 12.5. The number of carbonyl (C=O) groups is 1. The first kappa shape index (κ1) is 13.9. The van der Waals surface area contributed by atoms with Gasteiger partial charge in [0.25, 0.3) is 5.56 Å². The van der Waals surface area contributed by atoms with Gasteiger partial charge in [-0.15, -0.1) is 0 Å². The van der Waals surface area contributed by atoms with Gasteiger partial charge in [-0.3, -0.25) is 14.8 Å². The van der Waals surface area contributed by atoms with Gasteiger partial charge >= 0.3 is 5.97 Å². The van der Waals surface area contributed by atoms with E-state index in [0.717, 1.165) is 5.56 Å². The minimum Gasteiger partial charge on any atom is -0.478 e. The van der Waals surface area contributed by atoms with Crippen molar-refractivity contribution in [3.8, 4) is 0 Å². The van der Waals surface area contributed by atoms with E-state index in [-0.39, 0.29) is 11.1 Å². The zero-order chi connectivity index (χ0) is 15.7. The van der Waals surface area contributed by atoms with Crippen LogP contribution in [-0.2, 0) is 6.54 Å². The molecule has 0 aliphatic heterocycles. The molecule has 0 atom stereocenters. The van der Waals surface area contributed by atoms with Crippen molar-refractivity contribution >= 4 is 16.9 Å². The minimum absolute atomic E-state index is 0.0475. The predicted octanol–water partition coefficient (Wildman–Crippen LogP) is 1.85. The number of rotatable bonds is 3. The highest BCUT2D eigenvalue weighted by molar-refractivity contribution is 5.93. The number of aryl methyl sites for hydroxylation is 1. The van der Waals surface area contributed by atoms with Gasteiger partial charge in [0.05, 0.1) is 28.7 Å². The van der Waals surface area contributed by atoms with Crippen molar-refractivity contribution < 1.29 is 9.90 Å². The molecule has 0 unspecified atom stereocenters. The van der Waals surface area contributed by atoms with Gasteiger partial charge in [-0.25, -0.2) is 4.79 Å². The van der Waals surface area contributed by atoms with Crippen molar-refractivity contribution in [2.24, 2.45) is 0 Å². The van der Waals surface area contributed by atoms with Crippen molar-refractivity contribution in [2.75, 3.05) is 0 Å². The number of hydrogen-bond acceptors (Lipinski definition) is 4. The fraction of sp³-hybridized carbons (Fsp3) is 0.125. The Kier molecular flexibility index (Phi) is 3.42. The summed E-state index contributed by atoms with van der Waals surface area (Å²) in [7, 11) is 0. The highest BCUT2D eigenvalue weighted by atomic mass is 16.4. The lowest BCUT2D eigenvalue weighted by Crippen LogP contribution is -2.21. The van der Waals surface area contributed by atoms with E-state index in [1.165, 1.54) is 10.6 Å². The molecular weight excluding hydrogens is 282 g/mol. The Morgan fingerprint density at radius 2 is 2.00 bits per heavy atom. The Balaban J connectivity index is 2.14. The van der Waals surface area contributed by atoms with Gasteiger partial charge in [-0.2, -0.15) is 0 Å². The van der Waals surface area contributed by atoms with E-state index >= 15 is 0 Å². The van der Waals surface area contributed by atoms with Gasteiger partial charge in [0.2, 0.25) is 0 Å². The Hall–Kier alpha value is -3.02. The molecule has 0 aromatic carbocycles. The molecule has 0 radical (unpaired) electrons. The van der Waals surface area contributed by atoms with Crippen LogP contribution in [0.2, 0.25) is 0 Å². The quantitative estimate of drug-likeness (QED) is 0.797.